The maximum Gasteiger partial charge on any atom is 0.241 e. The van der Waals surface area contributed by atoms with Gasteiger partial charge < -0.3 is 19.6 Å². The standard InChI is InChI=1S/C23H27N5O4S/c24-15-17-6-4-12-27(17)14-10-21(23(30)28-13-2-1-5-18(28)16-29)26-33(31,32)22-8-3-7-20-19(22)9-11-25-20/h3-4,6-9,11-12,18,21,25-26,29H,1-2,5,10,13-14,16H2. The van der Waals surface area contributed by atoms with Crippen LogP contribution in [-0.4, -0.2) is 59.1 Å². The molecule has 0 spiro atoms. The Balaban J connectivity index is 1.63. The molecule has 33 heavy (non-hydrogen) atoms. The van der Waals surface area contributed by atoms with Gasteiger partial charge in [-0.05, 0) is 56.0 Å². The molecule has 2 unspecified atom stereocenters. The number of H-pyrrole nitrogens is 1. The number of aliphatic hydroxyl groups excluding tert-OH is 1. The highest BCUT2D eigenvalue weighted by Gasteiger charge is 2.34. The fourth-order valence-electron chi connectivity index (χ4n) is 4.43. The molecule has 174 valence electrons. The van der Waals surface area contributed by atoms with Crippen molar-refractivity contribution in [3.63, 3.8) is 0 Å². The predicted molar refractivity (Wildman–Crippen MR) is 123 cm³/mol. The van der Waals surface area contributed by atoms with Gasteiger partial charge in [-0.15, -0.1) is 0 Å². The van der Waals surface area contributed by atoms with Crippen LogP contribution in [0.3, 0.4) is 0 Å². The van der Waals surface area contributed by atoms with E-state index in [1.54, 1.807) is 52.2 Å². The Morgan fingerprint density at radius 1 is 1.27 bits per heavy atom. The second kappa shape index (κ2) is 9.79. The highest BCUT2D eigenvalue weighted by Crippen LogP contribution is 2.24. The summed E-state index contributed by atoms with van der Waals surface area (Å²) in [6.07, 6.45) is 5.96. The van der Waals surface area contributed by atoms with Gasteiger partial charge in [0.25, 0.3) is 0 Å². The largest absolute Gasteiger partial charge is 0.394 e. The Morgan fingerprint density at radius 2 is 2.12 bits per heavy atom. The van der Waals surface area contributed by atoms with Crippen LogP contribution in [0.25, 0.3) is 10.9 Å². The number of nitrogens with one attached hydrogen (secondary N) is 2. The summed E-state index contributed by atoms with van der Waals surface area (Å²) in [6, 6.07) is 10.8. The molecule has 0 radical (unpaired) electrons. The topological polar surface area (TPSA) is 131 Å². The first-order chi connectivity index (χ1) is 15.9. The molecule has 1 fully saturated rings. The summed E-state index contributed by atoms with van der Waals surface area (Å²) in [5.41, 5.74) is 1.12. The van der Waals surface area contributed by atoms with E-state index in [0.29, 0.717) is 36.1 Å². The lowest BCUT2D eigenvalue weighted by Crippen LogP contribution is -2.54. The van der Waals surface area contributed by atoms with Crippen molar-refractivity contribution in [3.05, 3.63) is 54.5 Å². The van der Waals surface area contributed by atoms with Gasteiger partial charge in [-0.25, -0.2) is 8.42 Å². The summed E-state index contributed by atoms with van der Waals surface area (Å²) in [6.45, 7) is 0.605. The molecule has 2 atom stereocenters. The van der Waals surface area contributed by atoms with Crippen molar-refractivity contribution in [2.24, 2.45) is 0 Å². The van der Waals surface area contributed by atoms with Gasteiger partial charge in [0.2, 0.25) is 15.9 Å². The molecule has 3 aromatic rings. The number of hydrogen-bond donors (Lipinski definition) is 3. The molecule has 9 nitrogen and oxygen atoms in total. The summed E-state index contributed by atoms with van der Waals surface area (Å²) < 4.78 is 31.1. The van der Waals surface area contributed by atoms with E-state index in [2.05, 4.69) is 15.8 Å². The average Bonchev–Trinajstić information content (AvgIpc) is 3.50. The van der Waals surface area contributed by atoms with Crippen LogP contribution < -0.4 is 4.72 Å². The quantitative estimate of drug-likeness (QED) is 0.464. The molecule has 1 amide bonds. The molecule has 3 heterocycles. The average molecular weight is 470 g/mol. The number of piperidine rings is 1. The van der Waals surface area contributed by atoms with Gasteiger partial charge in [0, 0.05) is 36.4 Å². The number of aliphatic hydroxyl groups is 1. The monoisotopic (exact) mass is 469 g/mol. The third-order valence-electron chi connectivity index (χ3n) is 6.16. The minimum absolute atomic E-state index is 0.0927. The van der Waals surface area contributed by atoms with Gasteiger partial charge in [-0.1, -0.05) is 6.07 Å². The highest BCUT2D eigenvalue weighted by atomic mass is 32.2. The van der Waals surface area contributed by atoms with E-state index in [0.717, 1.165) is 12.8 Å². The number of aromatic amines is 1. The lowest BCUT2D eigenvalue weighted by Gasteiger charge is -2.37. The lowest BCUT2D eigenvalue weighted by molar-refractivity contribution is -0.138. The van der Waals surface area contributed by atoms with Crippen LogP contribution in [0.1, 0.15) is 31.4 Å². The zero-order chi connectivity index (χ0) is 23.4. The van der Waals surface area contributed by atoms with E-state index in [-0.39, 0.29) is 29.9 Å². The second-order valence-corrected chi connectivity index (χ2v) is 9.90. The van der Waals surface area contributed by atoms with Crippen molar-refractivity contribution < 1.29 is 18.3 Å². The van der Waals surface area contributed by atoms with Gasteiger partial charge in [0.05, 0.1) is 17.5 Å². The number of rotatable bonds is 8. The molecule has 1 aliphatic heterocycles. The number of benzene rings is 1. The second-order valence-electron chi connectivity index (χ2n) is 8.22. The van der Waals surface area contributed by atoms with Crippen molar-refractivity contribution in [1.29, 1.82) is 5.26 Å². The minimum Gasteiger partial charge on any atom is -0.394 e. The summed E-state index contributed by atoms with van der Waals surface area (Å²) in [5, 5.41) is 19.6. The Kier molecular flexibility index (Phi) is 6.83. The fourth-order valence-corrected chi connectivity index (χ4v) is 5.88. The van der Waals surface area contributed by atoms with Crippen molar-refractivity contribution >= 4 is 26.8 Å². The molecule has 0 aliphatic carbocycles. The number of aryl methyl sites for hydroxylation is 1. The van der Waals surface area contributed by atoms with Crippen molar-refractivity contribution in [2.45, 2.75) is 49.2 Å². The normalized spacial score (nSPS) is 17.7. The van der Waals surface area contributed by atoms with E-state index in [4.69, 9.17) is 0 Å². The van der Waals surface area contributed by atoms with E-state index in [9.17, 15) is 23.6 Å². The number of nitrogens with zero attached hydrogens (tertiary/aromatic N) is 3. The van der Waals surface area contributed by atoms with Crippen LogP contribution in [0, 0.1) is 11.3 Å². The number of sulfonamides is 1. The Hall–Kier alpha value is -3.13. The van der Waals surface area contributed by atoms with Gasteiger partial charge in [0.15, 0.2) is 0 Å². The molecule has 0 bridgehead atoms. The first kappa shape index (κ1) is 23.0. The SMILES string of the molecule is N#Cc1cccn1CCC(NS(=O)(=O)c1cccc2[nH]ccc12)C(=O)N1CCCCC1CO. The molecule has 4 rings (SSSR count). The number of amides is 1. The molecule has 10 heteroatoms. The predicted octanol–water partition coefficient (Wildman–Crippen LogP) is 1.95. The molecular weight excluding hydrogens is 442 g/mol. The van der Waals surface area contributed by atoms with Crippen LogP contribution >= 0.6 is 0 Å². The minimum atomic E-state index is -4.02. The number of hydrogen-bond acceptors (Lipinski definition) is 5. The number of nitriles is 1. The molecule has 1 saturated heterocycles. The third-order valence-corrected chi connectivity index (χ3v) is 7.69. The van der Waals surface area contributed by atoms with Crippen molar-refractivity contribution in [1.82, 2.24) is 19.2 Å². The van der Waals surface area contributed by atoms with Crippen molar-refractivity contribution in [2.75, 3.05) is 13.2 Å². The zero-order valence-corrected chi connectivity index (χ0v) is 19.0. The molecule has 1 aliphatic rings. The molecule has 1 aromatic carbocycles. The Morgan fingerprint density at radius 3 is 2.91 bits per heavy atom. The van der Waals surface area contributed by atoms with E-state index in [1.165, 1.54) is 6.07 Å². The van der Waals surface area contributed by atoms with Crippen LogP contribution in [0.2, 0.25) is 0 Å². The van der Waals surface area contributed by atoms with Crippen LogP contribution in [0.5, 0.6) is 0 Å². The summed E-state index contributed by atoms with van der Waals surface area (Å²) in [4.78, 5) is 18.2. The van der Waals surface area contributed by atoms with Crippen LogP contribution in [-0.2, 0) is 21.4 Å². The van der Waals surface area contributed by atoms with Crippen molar-refractivity contribution in [3.8, 4) is 6.07 Å². The highest BCUT2D eigenvalue weighted by molar-refractivity contribution is 7.89. The third kappa shape index (κ3) is 4.80. The number of fused-ring (bicyclic) bond motifs is 1. The number of likely N-dealkylation sites (tertiary alicyclic amines) is 1. The van der Waals surface area contributed by atoms with Crippen LogP contribution in [0.4, 0.5) is 0 Å². The molecular formula is C23H27N5O4S. The summed E-state index contributed by atoms with van der Waals surface area (Å²) >= 11 is 0. The smallest absolute Gasteiger partial charge is 0.241 e. The number of aromatic nitrogens is 2. The van der Waals surface area contributed by atoms with E-state index in [1.807, 2.05) is 0 Å². The Labute approximate surface area is 192 Å². The Bertz CT molecular complexity index is 1270. The fraction of sp³-hybridized carbons (Fsp3) is 0.391. The first-order valence-corrected chi connectivity index (χ1v) is 12.5. The molecule has 3 N–H and O–H groups in total. The number of carbonyl (C=O) groups excluding carboxylic acids is 1. The van der Waals surface area contributed by atoms with E-state index >= 15 is 0 Å². The van der Waals surface area contributed by atoms with Gasteiger partial charge in [0.1, 0.15) is 17.8 Å². The zero-order valence-electron chi connectivity index (χ0n) is 18.1. The number of carbonyl (C=O) groups is 1. The molecule has 0 saturated carbocycles. The van der Waals surface area contributed by atoms with Crippen LogP contribution in [0.15, 0.2) is 53.7 Å². The van der Waals surface area contributed by atoms with Gasteiger partial charge >= 0.3 is 0 Å². The maximum atomic E-state index is 13.5. The van der Waals surface area contributed by atoms with Gasteiger partial charge in [-0.2, -0.15) is 9.98 Å². The first-order valence-electron chi connectivity index (χ1n) is 11.0. The summed E-state index contributed by atoms with van der Waals surface area (Å²) in [7, 11) is -4.02. The lowest BCUT2D eigenvalue weighted by atomic mass is 10.0. The summed E-state index contributed by atoms with van der Waals surface area (Å²) in [5.74, 6) is -0.357. The van der Waals surface area contributed by atoms with E-state index < -0.39 is 16.1 Å². The maximum absolute atomic E-state index is 13.5. The van der Waals surface area contributed by atoms with Gasteiger partial charge in [-0.3, -0.25) is 4.79 Å². The molecule has 2 aromatic heterocycles.